The van der Waals surface area contributed by atoms with Crippen LogP contribution in [0, 0.1) is 0 Å². The van der Waals surface area contributed by atoms with E-state index in [9.17, 15) is 8.42 Å². The van der Waals surface area contributed by atoms with Crippen molar-refractivity contribution in [2.24, 2.45) is 0 Å². The zero-order valence-corrected chi connectivity index (χ0v) is 13.0. The summed E-state index contributed by atoms with van der Waals surface area (Å²) >= 11 is 5.87. The molecule has 0 amide bonds. The van der Waals surface area contributed by atoms with E-state index in [1.54, 1.807) is 0 Å². The van der Waals surface area contributed by atoms with Gasteiger partial charge in [-0.25, -0.2) is 0 Å². The van der Waals surface area contributed by atoms with Crippen molar-refractivity contribution in [3.8, 4) is 0 Å². The molecule has 19 heavy (non-hydrogen) atoms. The average Bonchev–Trinajstić information content (AvgIpc) is 2.34. The van der Waals surface area contributed by atoms with Gasteiger partial charge in [0.1, 0.15) is 0 Å². The molecule has 1 aromatic rings. The maximum absolute atomic E-state index is 11.1. The molecule has 0 aliphatic carbocycles. The number of benzene rings is 1. The maximum Gasteiger partial charge on any atom is 0.264 e. The fourth-order valence-electron chi connectivity index (χ4n) is 1.93. The van der Waals surface area contributed by atoms with Crippen LogP contribution in [0.2, 0.25) is 5.02 Å². The number of halogens is 1. The van der Waals surface area contributed by atoms with E-state index in [4.69, 9.17) is 15.8 Å². The van der Waals surface area contributed by atoms with Crippen LogP contribution >= 0.6 is 11.6 Å². The maximum atomic E-state index is 11.1. The third-order valence-electron chi connectivity index (χ3n) is 2.98. The first kappa shape index (κ1) is 16.5. The van der Waals surface area contributed by atoms with Crippen LogP contribution in [0.4, 0.5) is 0 Å². The van der Waals surface area contributed by atoms with Gasteiger partial charge in [0.25, 0.3) is 10.1 Å². The zero-order chi connectivity index (χ0) is 14.3. The van der Waals surface area contributed by atoms with Gasteiger partial charge in [-0.3, -0.25) is 4.18 Å². The second-order valence-corrected chi connectivity index (χ2v) is 6.81. The molecule has 0 radical (unpaired) electrons. The minimum absolute atomic E-state index is 0.0959. The Labute approximate surface area is 121 Å². The molecule has 0 spiro atoms. The number of unbranched alkanes of at least 4 members (excludes halogenated alkanes) is 2. The van der Waals surface area contributed by atoms with Crippen molar-refractivity contribution in [2.75, 3.05) is 12.9 Å². The van der Waals surface area contributed by atoms with E-state index in [0.29, 0.717) is 5.02 Å². The van der Waals surface area contributed by atoms with Gasteiger partial charge in [-0.2, -0.15) is 8.42 Å². The number of hydrogen-bond acceptors (Lipinski definition) is 3. The van der Waals surface area contributed by atoms with E-state index in [1.165, 1.54) is 0 Å². The van der Waals surface area contributed by atoms with Crippen LogP contribution < -0.4 is 0 Å². The standard InChI is InChI=1S/C14H21ClO3S/c1-3-4-5-6-13(11-18-19(2,16)17)12-7-9-14(15)10-8-12/h7-10,13H,3-6,11H2,1-2H3. The van der Waals surface area contributed by atoms with Crippen LogP contribution in [0.1, 0.15) is 44.1 Å². The molecular weight excluding hydrogens is 284 g/mol. The van der Waals surface area contributed by atoms with Crippen molar-refractivity contribution in [1.29, 1.82) is 0 Å². The summed E-state index contributed by atoms with van der Waals surface area (Å²) in [5, 5.41) is 0.681. The highest BCUT2D eigenvalue weighted by molar-refractivity contribution is 7.85. The molecule has 0 N–H and O–H groups in total. The topological polar surface area (TPSA) is 43.4 Å². The summed E-state index contributed by atoms with van der Waals surface area (Å²) in [7, 11) is -3.39. The second-order valence-electron chi connectivity index (χ2n) is 4.73. The molecule has 0 saturated carbocycles. The summed E-state index contributed by atoms with van der Waals surface area (Å²) in [6, 6.07) is 7.52. The first-order valence-corrected chi connectivity index (χ1v) is 8.71. The predicted octanol–water partition coefficient (Wildman–Crippen LogP) is 3.98. The van der Waals surface area contributed by atoms with E-state index in [2.05, 4.69) is 6.92 Å². The zero-order valence-electron chi connectivity index (χ0n) is 11.4. The third kappa shape index (κ3) is 6.95. The molecule has 1 unspecified atom stereocenters. The Morgan fingerprint density at radius 1 is 1.21 bits per heavy atom. The van der Waals surface area contributed by atoms with Gasteiger partial charge in [0, 0.05) is 10.9 Å². The van der Waals surface area contributed by atoms with Crippen LogP contribution in [0.15, 0.2) is 24.3 Å². The van der Waals surface area contributed by atoms with Crippen molar-refractivity contribution in [2.45, 2.75) is 38.5 Å². The lowest BCUT2D eigenvalue weighted by molar-refractivity contribution is 0.285. The van der Waals surface area contributed by atoms with E-state index in [1.807, 2.05) is 24.3 Å². The Morgan fingerprint density at radius 3 is 2.37 bits per heavy atom. The molecule has 3 nitrogen and oxygen atoms in total. The minimum Gasteiger partial charge on any atom is -0.270 e. The Bertz CT molecular complexity index is 468. The molecule has 1 aromatic carbocycles. The quantitative estimate of drug-likeness (QED) is 0.539. The van der Waals surface area contributed by atoms with Gasteiger partial charge in [-0.05, 0) is 24.1 Å². The number of hydrogen-bond donors (Lipinski definition) is 0. The average molecular weight is 305 g/mol. The molecule has 0 saturated heterocycles. The molecule has 0 aliphatic heterocycles. The Morgan fingerprint density at radius 2 is 1.84 bits per heavy atom. The lowest BCUT2D eigenvalue weighted by Gasteiger charge is -2.16. The van der Waals surface area contributed by atoms with Crippen molar-refractivity contribution < 1.29 is 12.6 Å². The lowest BCUT2D eigenvalue weighted by Crippen LogP contribution is -2.12. The van der Waals surface area contributed by atoms with E-state index in [0.717, 1.165) is 37.5 Å². The van der Waals surface area contributed by atoms with Crippen LogP contribution in [0.25, 0.3) is 0 Å². The van der Waals surface area contributed by atoms with Gasteiger partial charge in [-0.15, -0.1) is 0 Å². The Hall–Kier alpha value is -0.580. The molecule has 0 bridgehead atoms. The molecule has 0 aromatic heterocycles. The van der Waals surface area contributed by atoms with E-state index in [-0.39, 0.29) is 12.5 Å². The van der Waals surface area contributed by atoms with Crippen molar-refractivity contribution in [3.63, 3.8) is 0 Å². The largest absolute Gasteiger partial charge is 0.270 e. The van der Waals surface area contributed by atoms with Crippen LogP contribution in [0.5, 0.6) is 0 Å². The van der Waals surface area contributed by atoms with Gasteiger partial charge < -0.3 is 0 Å². The highest BCUT2D eigenvalue weighted by atomic mass is 35.5. The molecule has 0 heterocycles. The fraction of sp³-hybridized carbons (Fsp3) is 0.571. The van der Waals surface area contributed by atoms with Crippen LogP contribution in [-0.2, 0) is 14.3 Å². The van der Waals surface area contributed by atoms with Crippen LogP contribution in [0.3, 0.4) is 0 Å². The third-order valence-corrected chi connectivity index (χ3v) is 3.80. The lowest BCUT2D eigenvalue weighted by atomic mass is 9.94. The van der Waals surface area contributed by atoms with E-state index >= 15 is 0 Å². The smallest absolute Gasteiger partial charge is 0.264 e. The summed E-state index contributed by atoms with van der Waals surface area (Å²) < 4.78 is 27.2. The molecule has 108 valence electrons. The summed E-state index contributed by atoms with van der Waals surface area (Å²) in [5.41, 5.74) is 1.07. The van der Waals surface area contributed by atoms with Gasteiger partial charge in [0.2, 0.25) is 0 Å². The summed E-state index contributed by atoms with van der Waals surface area (Å²) in [5.74, 6) is 0.0959. The predicted molar refractivity (Wildman–Crippen MR) is 79.1 cm³/mol. The van der Waals surface area contributed by atoms with Gasteiger partial charge in [-0.1, -0.05) is 49.9 Å². The van der Waals surface area contributed by atoms with Crippen molar-refractivity contribution in [1.82, 2.24) is 0 Å². The summed E-state index contributed by atoms with van der Waals surface area (Å²) in [4.78, 5) is 0. The molecule has 0 fully saturated rings. The Balaban J connectivity index is 2.70. The summed E-state index contributed by atoms with van der Waals surface area (Å²) in [6.07, 6.45) is 5.35. The molecule has 1 atom stereocenters. The fourth-order valence-corrected chi connectivity index (χ4v) is 2.47. The monoisotopic (exact) mass is 304 g/mol. The minimum atomic E-state index is -3.39. The molecular formula is C14H21ClO3S. The van der Waals surface area contributed by atoms with Gasteiger partial charge in [0.15, 0.2) is 0 Å². The van der Waals surface area contributed by atoms with Gasteiger partial charge in [0.05, 0.1) is 12.9 Å². The SMILES string of the molecule is CCCCCC(COS(C)(=O)=O)c1ccc(Cl)cc1. The van der Waals surface area contributed by atoms with E-state index < -0.39 is 10.1 Å². The second kappa shape index (κ2) is 7.88. The van der Waals surface area contributed by atoms with Crippen molar-refractivity contribution in [3.05, 3.63) is 34.9 Å². The summed E-state index contributed by atoms with van der Waals surface area (Å²) in [6.45, 7) is 2.34. The first-order chi connectivity index (χ1) is 8.92. The highest BCUT2D eigenvalue weighted by Crippen LogP contribution is 2.25. The molecule has 0 aliphatic rings. The normalized spacial score (nSPS) is 13.4. The van der Waals surface area contributed by atoms with Gasteiger partial charge >= 0.3 is 0 Å². The number of rotatable bonds is 8. The van der Waals surface area contributed by atoms with Crippen molar-refractivity contribution >= 4 is 21.7 Å². The van der Waals surface area contributed by atoms with Crippen LogP contribution in [-0.4, -0.2) is 21.3 Å². The molecule has 5 heteroatoms. The first-order valence-electron chi connectivity index (χ1n) is 6.52. The molecule has 1 rings (SSSR count). The highest BCUT2D eigenvalue weighted by Gasteiger charge is 2.14. The Kier molecular flexibility index (Phi) is 6.83.